The van der Waals surface area contributed by atoms with Crippen molar-refractivity contribution in [3.05, 3.63) is 113 Å². The first kappa shape index (κ1) is 32.8. The lowest BCUT2D eigenvalue weighted by atomic mass is 9.84. The third-order valence-electron chi connectivity index (χ3n) is 8.17. The van der Waals surface area contributed by atoms with Crippen molar-refractivity contribution in [2.24, 2.45) is 5.92 Å². The summed E-state index contributed by atoms with van der Waals surface area (Å²) in [6.07, 6.45) is 5.91. The fourth-order valence-electron chi connectivity index (χ4n) is 5.67. The fourth-order valence-corrected chi connectivity index (χ4v) is 7.62. The molecule has 0 aliphatic heterocycles. The van der Waals surface area contributed by atoms with Gasteiger partial charge in [-0.2, -0.15) is 0 Å². The van der Waals surface area contributed by atoms with Crippen LogP contribution in [0.4, 0.5) is 0 Å². The van der Waals surface area contributed by atoms with Crippen molar-refractivity contribution in [1.82, 2.24) is 0 Å². The van der Waals surface area contributed by atoms with E-state index >= 15 is 0 Å². The number of esters is 1. The van der Waals surface area contributed by atoms with Crippen molar-refractivity contribution >= 4 is 41.1 Å². The molecule has 0 fully saturated rings. The minimum Gasteiger partial charge on any atom is -0.426 e. The molecule has 232 valence electrons. The molecule has 0 saturated carbocycles. The monoisotopic (exact) mass is 636 g/mol. The van der Waals surface area contributed by atoms with Gasteiger partial charge in [0.05, 0.1) is 5.92 Å². The summed E-state index contributed by atoms with van der Waals surface area (Å²) in [6.45, 7) is 8.58. The SMILES string of the molecule is CCCCCC(CCC)C(=O)Oc1ccc(Sc2cccc3c2C(=O)c2cccc(Sc4ccc(C(C)C)cc4)c2C3=O)cc1. The summed E-state index contributed by atoms with van der Waals surface area (Å²) in [5.41, 5.74) is 3.03. The number of hydrogen-bond donors (Lipinski definition) is 0. The second-order valence-electron chi connectivity index (χ2n) is 11.8. The Morgan fingerprint density at radius 1 is 0.667 bits per heavy atom. The number of fused-ring (bicyclic) bond motifs is 2. The Morgan fingerprint density at radius 2 is 1.20 bits per heavy atom. The van der Waals surface area contributed by atoms with Gasteiger partial charge in [-0.15, -0.1) is 0 Å². The van der Waals surface area contributed by atoms with Gasteiger partial charge in [-0.3, -0.25) is 14.4 Å². The number of hydrogen-bond acceptors (Lipinski definition) is 6. The van der Waals surface area contributed by atoms with Crippen molar-refractivity contribution < 1.29 is 19.1 Å². The highest BCUT2D eigenvalue weighted by Gasteiger charge is 2.33. The van der Waals surface area contributed by atoms with Crippen LogP contribution in [-0.2, 0) is 4.79 Å². The highest BCUT2D eigenvalue weighted by atomic mass is 32.2. The van der Waals surface area contributed by atoms with Gasteiger partial charge in [-0.05, 0) is 72.9 Å². The molecule has 0 saturated heterocycles. The Bertz CT molecular complexity index is 1670. The summed E-state index contributed by atoms with van der Waals surface area (Å²) >= 11 is 2.94. The zero-order valence-electron chi connectivity index (χ0n) is 26.4. The molecule has 4 nitrogen and oxygen atoms in total. The van der Waals surface area contributed by atoms with E-state index in [0.29, 0.717) is 33.9 Å². The summed E-state index contributed by atoms with van der Waals surface area (Å²) in [5, 5.41) is 0. The minimum atomic E-state index is -0.168. The molecular weight excluding hydrogens is 597 g/mol. The summed E-state index contributed by atoms with van der Waals surface area (Å²) < 4.78 is 5.75. The lowest BCUT2D eigenvalue weighted by molar-refractivity contribution is -0.139. The van der Waals surface area contributed by atoms with E-state index in [-0.39, 0.29) is 23.5 Å². The first-order valence-corrected chi connectivity index (χ1v) is 17.6. The topological polar surface area (TPSA) is 60.4 Å². The maximum Gasteiger partial charge on any atom is 0.314 e. The number of ketones is 2. The van der Waals surface area contributed by atoms with Gasteiger partial charge in [-0.25, -0.2) is 0 Å². The second-order valence-corrected chi connectivity index (χ2v) is 14.0. The molecule has 0 radical (unpaired) electrons. The molecule has 0 N–H and O–H groups in total. The zero-order valence-corrected chi connectivity index (χ0v) is 28.1. The smallest absolute Gasteiger partial charge is 0.314 e. The van der Waals surface area contributed by atoms with E-state index in [1.807, 2.05) is 36.4 Å². The third-order valence-corrected chi connectivity index (χ3v) is 10.3. The predicted octanol–water partition coefficient (Wildman–Crippen LogP) is 10.8. The van der Waals surface area contributed by atoms with Crippen LogP contribution in [0.2, 0.25) is 0 Å². The van der Waals surface area contributed by atoms with Crippen LogP contribution in [0.15, 0.2) is 105 Å². The van der Waals surface area contributed by atoms with Crippen LogP contribution in [0.5, 0.6) is 5.75 Å². The highest BCUT2D eigenvalue weighted by molar-refractivity contribution is 7.99. The number of benzene rings is 4. The molecule has 0 heterocycles. The molecule has 1 aliphatic carbocycles. The Labute approximate surface area is 275 Å². The molecule has 1 atom stereocenters. The number of carbonyl (C=O) groups is 3. The van der Waals surface area contributed by atoms with Crippen LogP contribution in [0.3, 0.4) is 0 Å². The van der Waals surface area contributed by atoms with E-state index in [1.165, 1.54) is 29.1 Å². The van der Waals surface area contributed by atoms with E-state index < -0.39 is 0 Å². The summed E-state index contributed by atoms with van der Waals surface area (Å²) in [4.78, 5) is 44.1. The van der Waals surface area contributed by atoms with Gasteiger partial charge in [-0.1, -0.05) is 113 Å². The Balaban J connectivity index is 1.34. The molecule has 0 amide bonds. The Hall–Kier alpha value is -3.61. The number of unbranched alkanes of at least 4 members (excludes halogenated alkanes) is 2. The van der Waals surface area contributed by atoms with Crippen molar-refractivity contribution in [2.45, 2.75) is 91.7 Å². The first-order valence-electron chi connectivity index (χ1n) is 15.9. The Morgan fingerprint density at radius 3 is 1.69 bits per heavy atom. The van der Waals surface area contributed by atoms with Crippen LogP contribution >= 0.6 is 23.5 Å². The molecule has 1 aliphatic rings. The average Bonchev–Trinajstić information content (AvgIpc) is 3.04. The van der Waals surface area contributed by atoms with E-state index in [4.69, 9.17) is 4.74 Å². The standard InChI is InChI=1S/C39H40O4S2/c1-5-7-8-12-27(11-6-2)39(42)43-28-19-23-30(24-20-28)45-34-16-10-14-32-36(34)38(41)31-13-9-15-33(35(31)37(32)40)44-29-21-17-26(18-22-29)25(3)4/h9-10,13-25,27H,5-8,11-12H2,1-4H3. The predicted molar refractivity (Wildman–Crippen MR) is 183 cm³/mol. The third kappa shape index (κ3) is 7.62. The number of rotatable bonds is 13. The Kier molecular flexibility index (Phi) is 11.0. The molecule has 5 rings (SSSR count). The number of carbonyl (C=O) groups excluding carboxylic acids is 3. The zero-order chi connectivity index (χ0) is 31.9. The molecule has 4 aromatic rings. The molecular formula is C39H40O4S2. The van der Waals surface area contributed by atoms with Gasteiger partial charge in [0, 0.05) is 41.8 Å². The van der Waals surface area contributed by atoms with Crippen LogP contribution in [-0.4, -0.2) is 17.5 Å². The minimum absolute atomic E-state index is 0.0813. The molecule has 6 heteroatoms. The molecule has 1 unspecified atom stereocenters. The normalized spacial score (nSPS) is 13.0. The van der Waals surface area contributed by atoms with Crippen LogP contribution in [0.25, 0.3) is 0 Å². The van der Waals surface area contributed by atoms with Gasteiger partial charge >= 0.3 is 5.97 Å². The van der Waals surface area contributed by atoms with E-state index in [1.54, 1.807) is 24.3 Å². The van der Waals surface area contributed by atoms with E-state index in [2.05, 4.69) is 52.0 Å². The fraction of sp³-hybridized carbons (Fsp3) is 0.308. The van der Waals surface area contributed by atoms with Gasteiger partial charge in [0.15, 0.2) is 11.6 Å². The molecule has 0 spiro atoms. The lowest BCUT2D eigenvalue weighted by Crippen LogP contribution is -2.22. The molecule has 0 aromatic heterocycles. The maximum absolute atomic E-state index is 13.9. The van der Waals surface area contributed by atoms with Crippen LogP contribution < -0.4 is 4.74 Å². The maximum atomic E-state index is 13.9. The molecule has 0 bridgehead atoms. The van der Waals surface area contributed by atoms with Gasteiger partial charge in [0.25, 0.3) is 0 Å². The summed E-state index contributed by atoms with van der Waals surface area (Å²) in [6, 6.07) is 26.7. The quantitative estimate of drug-likeness (QED) is 0.0728. The number of ether oxygens (including phenoxy) is 1. The van der Waals surface area contributed by atoms with Crippen LogP contribution in [0.1, 0.15) is 110 Å². The second kappa shape index (κ2) is 15.1. The van der Waals surface area contributed by atoms with Crippen LogP contribution in [0, 0.1) is 5.92 Å². The van der Waals surface area contributed by atoms with Gasteiger partial charge in [0.1, 0.15) is 5.75 Å². The summed E-state index contributed by atoms with van der Waals surface area (Å²) in [5.74, 6) is 0.429. The van der Waals surface area contributed by atoms with Crippen molar-refractivity contribution in [1.29, 1.82) is 0 Å². The molecule has 4 aromatic carbocycles. The van der Waals surface area contributed by atoms with Crippen molar-refractivity contribution in [3.63, 3.8) is 0 Å². The molecule has 45 heavy (non-hydrogen) atoms. The lowest BCUT2D eigenvalue weighted by Gasteiger charge is -2.22. The average molecular weight is 637 g/mol. The van der Waals surface area contributed by atoms with E-state index in [9.17, 15) is 14.4 Å². The first-order chi connectivity index (χ1) is 21.8. The van der Waals surface area contributed by atoms with E-state index in [0.717, 1.165) is 58.1 Å². The van der Waals surface area contributed by atoms with Crippen molar-refractivity contribution in [3.8, 4) is 5.75 Å². The summed E-state index contributed by atoms with van der Waals surface area (Å²) in [7, 11) is 0. The van der Waals surface area contributed by atoms with Crippen molar-refractivity contribution in [2.75, 3.05) is 0 Å². The van der Waals surface area contributed by atoms with Gasteiger partial charge in [0.2, 0.25) is 0 Å². The highest BCUT2D eigenvalue weighted by Crippen LogP contribution is 2.41. The van der Waals surface area contributed by atoms with Gasteiger partial charge < -0.3 is 4.74 Å². The largest absolute Gasteiger partial charge is 0.426 e.